The molecular weight excluding hydrogens is 402 g/mol. The summed E-state index contributed by atoms with van der Waals surface area (Å²) in [6.07, 6.45) is 0. The first-order valence-electron chi connectivity index (χ1n) is 10.7. The van der Waals surface area contributed by atoms with Crippen LogP contribution in [0.15, 0.2) is 42.5 Å². The number of hydrogen-bond donors (Lipinski definition) is 2. The maximum absolute atomic E-state index is 10.9. The number of ether oxygens (including phenoxy) is 2. The third-order valence-electron chi connectivity index (χ3n) is 5.53. The second-order valence-corrected chi connectivity index (χ2v) is 10.0. The van der Waals surface area contributed by atoms with Crippen LogP contribution in [0.2, 0.25) is 0 Å². The normalized spacial score (nSPS) is 12.0. The third-order valence-corrected chi connectivity index (χ3v) is 5.53. The van der Waals surface area contributed by atoms with Gasteiger partial charge in [0.15, 0.2) is 0 Å². The highest BCUT2D eigenvalue weighted by molar-refractivity contribution is 5.78. The van der Waals surface area contributed by atoms with Crippen molar-refractivity contribution in [3.8, 4) is 45.5 Å². The topological polar surface area (TPSA) is 71.8 Å². The largest absolute Gasteiger partial charge is 0.507 e. The van der Waals surface area contributed by atoms with Gasteiger partial charge in [-0.25, -0.2) is 4.98 Å². The van der Waals surface area contributed by atoms with Gasteiger partial charge in [-0.1, -0.05) is 47.6 Å². The van der Waals surface area contributed by atoms with Gasteiger partial charge in [-0.15, -0.1) is 0 Å². The van der Waals surface area contributed by atoms with Crippen molar-refractivity contribution in [3.63, 3.8) is 0 Å². The van der Waals surface area contributed by atoms with Crippen LogP contribution in [0.1, 0.15) is 52.7 Å². The number of benzene rings is 2. The Morgan fingerprint density at radius 2 is 1.03 bits per heavy atom. The first kappa shape index (κ1) is 23.5. The van der Waals surface area contributed by atoms with Crippen LogP contribution in [-0.4, -0.2) is 29.4 Å². The van der Waals surface area contributed by atoms with E-state index < -0.39 is 0 Å². The Balaban J connectivity index is 2.29. The van der Waals surface area contributed by atoms with Gasteiger partial charge in [0.05, 0.1) is 25.6 Å². The molecule has 0 unspecified atom stereocenters. The zero-order valence-corrected chi connectivity index (χ0v) is 20.2. The highest BCUT2D eigenvalue weighted by Crippen LogP contribution is 2.44. The van der Waals surface area contributed by atoms with Crippen molar-refractivity contribution in [1.82, 2.24) is 4.98 Å². The van der Waals surface area contributed by atoms with E-state index in [-0.39, 0.29) is 22.3 Å². The number of phenolic OH excluding ortho intramolecular Hbond substituents is 2. The van der Waals surface area contributed by atoms with E-state index in [1.165, 1.54) is 0 Å². The lowest BCUT2D eigenvalue weighted by atomic mass is 9.81. The molecule has 3 rings (SSSR count). The molecule has 0 spiro atoms. The fraction of sp³-hybridized carbons (Fsp3) is 0.370. The number of aromatic nitrogens is 1. The Hall–Kier alpha value is -3.21. The molecule has 2 aromatic carbocycles. The van der Waals surface area contributed by atoms with Crippen LogP contribution < -0.4 is 9.47 Å². The standard InChI is InChI=1S/C27H33NO4/c1-26(2,3)18-12-16(31-7)14-22(29)24(18)20-10-9-11-21(28-20)25-19(27(4,5)6)13-17(32-8)15-23(25)30/h9-15,29-30H,1-8H3. The first-order chi connectivity index (χ1) is 14.9. The van der Waals surface area contributed by atoms with Crippen molar-refractivity contribution in [3.05, 3.63) is 53.6 Å². The third kappa shape index (κ3) is 4.52. The van der Waals surface area contributed by atoms with E-state index in [2.05, 4.69) is 41.5 Å². The van der Waals surface area contributed by atoms with E-state index in [4.69, 9.17) is 14.5 Å². The van der Waals surface area contributed by atoms with Gasteiger partial charge in [0.2, 0.25) is 0 Å². The summed E-state index contributed by atoms with van der Waals surface area (Å²) >= 11 is 0. The Kier molecular flexibility index (Phi) is 6.14. The van der Waals surface area contributed by atoms with Gasteiger partial charge in [-0.3, -0.25) is 0 Å². The number of methoxy groups -OCH3 is 2. The maximum Gasteiger partial charge on any atom is 0.128 e. The number of aromatic hydroxyl groups is 2. The molecular formula is C27H33NO4. The number of nitrogens with zero attached hydrogens (tertiary/aromatic N) is 1. The molecule has 0 atom stereocenters. The molecule has 0 bridgehead atoms. The van der Waals surface area contributed by atoms with Gasteiger partial charge in [0, 0.05) is 23.3 Å². The van der Waals surface area contributed by atoms with E-state index in [1.807, 2.05) is 30.3 Å². The van der Waals surface area contributed by atoms with Crippen LogP contribution in [-0.2, 0) is 10.8 Å². The van der Waals surface area contributed by atoms with Gasteiger partial charge in [-0.05, 0) is 46.2 Å². The summed E-state index contributed by atoms with van der Waals surface area (Å²) in [7, 11) is 3.17. The molecule has 0 saturated heterocycles. The van der Waals surface area contributed by atoms with Gasteiger partial charge >= 0.3 is 0 Å². The Labute approximate surface area is 190 Å². The number of pyridine rings is 1. The smallest absolute Gasteiger partial charge is 0.128 e. The molecule has 0 aliphatic rings. The van der Waals surface area contributed by atoms with Crippen LogP contribution in [0, 0.1) is 0 Å². The summed E-state index contributed by atoms with van der Waals surface area (Å²) in [5.41, 5.74) is 3.92. The molecule has 1 heterocycles. The molecule has 5 nitrogen and oxygen atoms in total. The minimum Gasteiger partial charge on any atom is -0.507 e. The summed E-state index contributed by atoms with van der Waals surface area (Å²) in [5.74, 6) is 1.40. The molecule has 0 saturated carbocycles. The molecule has 32 heavy (non-hydrogen) atoms. The van der Waals surface area contributed by atoms with Crippen LogP contribution in [0.4, 0.5) is 0 Å². The lowest BCUT2D eigenvalue weighted by Crippen LogP contribution is -2.14. The zero-order chi connectivity index (χ0) is 23.8. The molecule has 0 aliphatic heterocycles. The minimum absolute atomic E-state index is 0.105. The monoisotopic (exact) mass is 435 g/mol. The molecule has 1 aromatic heterocycles. The molecule has 5 heteroatoms. The zero-order valence-electron chi connectivity index (χ0n) is 20.2. The summed E-state index contributed by atoms with van der Waals surface area (Å²) < 4.78 is 10.8. The van der Waals surface area contributed by atoms with Crippen molar-refractivity contribution in [2.45, 2.75) is 52.4 Å². The SMILES string of the molecule is COc1cc(O)c(-c2cccc(-c3c(O)cc(OC)cc3C(C)(C)C)n2)c(C(C)(C)C)c1. The van der Waals surface area contributed by atoms with E-state index in [1.54, 1.807) is 26.4 Å². The molecule has 0 aliphatic carbocycles. The average molecular weight is 436 g/mol. The first-order valence-corrected chi connectivity index (χ1v) is 10.7. The van der Waals surface area contributed by atoms with Crippen LogP contribution >= 0.6 is 0 Å². The van der Waals surface area contributed by atoms with Crippen molar-refractivity contribution < 1.29 is 19.7 Å². The molecule has 0 fully saturated rings. The fourth-order valence-corrected chi connectivity index (χ4v) is 3.87. The van der Waals surface area contributed by atoms with E-state index in [0.717, 1.165) is 11.1 Å². The van der Waals surface area contributed by atoms with Crippen molar-refractivity contribution >= 4 is 0 Å². The summed E-state index contributed by atoms with van der Waals surface area (Å²) in [6.45, 7) is 12.5. The predicted molar refractivity (Wildman–Crippen MR) is 129 cm³/mol. The van der Waals surface area contributed by atoms with Gasteiger partial charge in [0.1, 0.15) is 23.0 Å². The second-order valence-electron chi connectivity index (χ2n) is 10.0. The predicted octanol–water partition coefficient (Wildman–Crippen LogP) is 6.44. The highest BCUT2D eigenvalue weighted by Gasteiger charge is 2.26. The number of phenols is 2. The highest BCUT2D eigenvalue weighted by atomic mass is 16.5. The van der Waals surface area contributed by atoms with Gasteiger partial charge in [-0.2, -0.15) is 0 Å². The van der Waals surface area contributed by atoms with E-state index in [9.17, 15) is 10.2 Å². The summed E-state index contributed by atoms with van der Waals surface area (Å²) in [5, 5.41) is 21.8. The van der Waals surface area contributed by atoms with Crippen LogP contribution in [0.3, 0.4) is 0 Å². The van der Waals surface area contributed by atoms with Crippen molar-refractivity contribution in [2.24, 2.45) is 0 Å². The van der Waals surface area contributed by atoms with Gasteiger partial charge in [0.25, 0.3) is 0 Å². The average Bonchev–Trinajstić information content (AvgIpc) is 2.71. The second kappa shape index (κ2) is 8.38. The lowest BCUT2D eigenvalue weighted by molar-refractivity contribution is 0.405. The lowest BCUT2D eigenvalue weighted by Gasteiger charge is -2.26. The Morgan fingerprint density at radius 3 is 1.34 bits per heavy atom. The van der Waals surface area contributed by atoms with E-state index in [0.29, 0.717) is 34.0 Å². The van der Waals surface area contributed by atoms with Crippen LogP contribution in [0.25, 0.3) is 22.5 Å². The molecule has 3 aromatic rings. The molecule has 2 N–H and O–H groups in total. The molecule has 170 valence electrons. The van der Waals surface area contributed by atoms with Crippen LogP contribution in [0.5, 0.6) is 23.0 Å². The number of rotatable bonds is 4. The van der Waals surface area contributed by atoms with Gasteiger partial charge < -0.3 is 19.7 Å². The van der Waals surface area contributed by atoms with E-state index >= 15 is 0 Å². The fourth-order valence-electron chi connectivity index (χ4n) is 3.87. The number of hydrogen-bond acceptors (Lipinski definition) is 5. The van der Waals surface area contributed by atoms with Crippen molar-refractivity contribution in [1.29, 1.82) is 0 Å². The minimum atomic E-state index is -0.252. The maximum atomic E-state index is 10.9. The summed E-state index contributed by atoms with van der Waals surface area (Å²) in [4.78, 5) is 4.89. The quantitative estimate of drug-likeness (QED) is 0.493. The Morgan fingerprint density at radius 1 is 0.656 bits per heavy atom. The molecule has 0 radical (unpaired) electrons. The molecule has 0 amide bonds. The summed E-state index contributed by atoms with van der Waals surface area (Å²) in [6, 6.07) is 12.7. The Bertz CT molecular complexity index is 1050. The van der Waals surface area contributed by atoms with Crippen molar-refractivity contribution in [2.75, 3.05) is 14.2 Å².